The summed E-state index contributed by atoms with van der Waals surface area (Å²) in [5.74, 6) is 0.965. The Bertz CT molecular complexity index is 838. The molecule has 2 aromatic rings. The van der Waals surface area contributed by atoms with Crippen LogP contribution in [0.4, 0.5) is 29.5 Å². The number of pyridine rings is 1. The first-order chi connectivity index (χ1) is 13.3. The second kappa shape index (κ2) is 8.14. The largest absolute Gasteiger partial charge is 0.495 e. The maximum Gasteiger partial charge on any atom is 0.417 e. The van der Waals surface area contributed by atoms with Crippen LogP contribution < -0.4 is 15.0 Å². The second-order valence-electron chi connectivity index (χ2n) is 6.16. The van der Waals surface area contributed by atoms with E-state index in [1.807, 2.05) is 4.90 Å². The zero-order chi connectivity index (χ0) is 20.3. The molecule has 1 aromatic heterocycles. The van der Waals surface area contributed by atoms with Gasteiger partial charge in [0.1, 0.15) is 11.6 Å². The summed E-state index contributed by atoms with van der Waals surface area (Å²) in [4.78, 5) is 19.8. The van der Waals surface area contributed by atoms with Crippen LogP contribution in [-0.4, -0.2) is 49.2 Å². The maximum atomic E-state index is 12.6. The van der Waals surface area contributed by atoms with Crippen LogP contribution in [0.15, 0.2) is 36.5 Å². The van der Waals surface area contributed by atoms with Crippen molar-refractivity contribution >= 4 is 29.1 Å². The zero-order valence-corrected chi connectivity index (χ0v) is 15.7. The summed E-state index contributed by atoms with van der Waals surface area (Å²) in [5, 5.41) is 3.16. The lowest BCUT2D eigenvalue weighted by atomic mass is 10.2. The maximum absolute atomic E-state index is 12.6. The zero-order valence-electron chi connectivity index (χ0n) is 15.0. The van der Waals surface area contributed by atoms with Crippen molar-refractivity contribution in [2.75, 3.05) is 43.5 Å². The van der Waals surface area contributed by atoms with E-state index in [4.69, 9.17) is 16.3 Å². The monoisotopic (exact) mass is 414 g/mol. The van der Waals surface area contributed by atoms with Crippen molar-refractivity contribution in [1.29, 1.82) is 0 Å². The van der Waals surface area contributed by atoms with Gasteiger partial charge in [0.15, 0.2) is 0 Å². The fraction of sp³-hybridized carbons (Fsp3) is 0.333. The van der Waals surface area contributed by atoms with Gasteiger partial charge < -0.3 is 19.9 Å². The number of nitrogens with one attached hydrogen (secondary N) is 1. The van der Waals surface area contributed by atoms with Gasteiger partial charge in [0.05, 0.1) is 17.7 Å². The molecule has 0 saturated carbocycles. The number of benzene rings is 1. The van der Waals surface area contributed by atoms with Crippen molar-refractivity contribution in [2.45, 2.75) is 6.18 Å². The number of aromatic nitrogens is 1. The summed E-state index contributed by atoms with van der Waals surface area (Å²) >= 11 is 6.05. The molecule has 0 aliphatic carbocycles. The van der Waals surface area contributed by atoms with Crippen molar-refractivity contribution < 1.29 is 22.7 Å². The Morgan fingerprint density at radius 1 is 1.18 bits per heavy atom. The van der Waals surface area contributed by atoms with E-state index in [1.54, 1.807) is 23.1 Å². The Labute approximate surface area is 164 Å². The quantitative estimate of drug-likeness (QED) is 0.821. The van der Waals surface area contributed by atoms with E-state index >= 15 is 0 Å². The molecule has 0 atom stereocenters. The Balaban J connectivity index is 1.56. The number of anilines is 2. The van der Waals surface area contributed by atoms with E-state index in [0.717, 1.165) is 12.3 Å². The molecule has 3 rings (SSSR count). The van der Waals surface area contributed by atoms with E-state index in [9.17, 15) is 18.0 Å². The van der Waals surface area contributed by atoms with Crippen LogP contribution >= 0.6 is 11.6 Å². The third kappa shape index (κ3) is 4.59. The van der Waals surface area contributed by atoms with Gasteiger partial charge in [-0.1, -0.05) is 11.6 Å². The van der Waals surface area contributed by atoms with E-state index in [-0.39, 0.29) is 6.03 Å². The molecule has 0 spiro atoms. The van der Waals surface area contributed by atoms with Crippen LogP contribution in [0.2, 0.25) is 5.02 Å². The molecule has 0 bridgehead atoms. The van der Waals surface area contributed by atoms with E-state index in [1.165, 1.54) is 13.2 Å². The van der Waals surface area contributed by atoms with Crippen molar-refractivity contribution in [2.24, 2.45) is 0 Å². The number of nitrogens with zero attached hydrogens (tertiary/aromatic N) is 3. The number of alkyl halides is 3. The Kier molecular flexibility index (Phi) is 5.83. The van der Waals surface area contributed by atoms with Crippen LogP contribution in [-0.2, 0) is 6.18 Å². The van der Waals surface area contributed by atoms with Gasteiger partial charge in [0.25, 0.3) is 0 Å². The Hall–Kier alpha value is -2.68. The standard InChI is InChI=1S/C18H18ClF3N4O2/c1-28-15-4-3-13(10-14(15)19)24-17(27)26-8-6-25(7-9-26)16-5-2-12(11-23-16)18(20,21)22/h2-5,10-11H,6-9H2,1H3,(H,24,27). The first kappa shape index (κ1) is 20.1. The first-order valence-corrected chi connectivity index (χ1v) is 8.83. The van der Waals surface area contributed by atoms with Gasteiger partial charge in [0.2, 0.25) is 0 Å². The summed E-state index contributed by atoms with van der Waals surface area (Å²) in [6.45, 7) is 1.77. The number of urea groups is 1. The molecule has 2 amide bonds. The molecule has 2 heterocycles. The molecule has 28 heavy (non-hydrogen) atoms. The lowest BCUT2D eigenvalue weighted by Gasteiger charge is -2.35. The minimum absolute atomic E-state index is 0.277. The summed E-state index contributed by atoms with van der Waals surface area (Å²) < 4.78 is 43.0. The van der Waals surface area contributed by atoms with Gasteiger partial charge in [0, 0.05) is 38.1 Å². The highest BCUT2D eigenvalue weighted by Crippen LogP contribution is 2.30. The molecule has 1 aromatic carbocycles. The lowest BCUT2D eigenvalue weighted by Crippen LogP contribution is -2.50. The van der Waals surface area contributed by atoms with Gasteiger partial charge in [-0.15, -0.1) is 0 Å². The predicted molar refractivity (Wildman–Crippen MR) is 100 cm³/mol. The molecule has 0 radical (unpaired) electrons. The minimum atomic E-state index is -4.41. The predicted octanol–water partition coefficient (Wildman–Crippen LogP) is 4.12. The summed E-state index contributed by atoms with van der Waals surface area (Å²) in [6, 6.07) is 7.02. The number of amides is 2. The molecule has 1 saturated heterocycles. The van der Waals surface area contributed by atoms with Crippen molar-refractivity contribution in [3.05, 3.63) is 47.1 Å². The number of carbonyl (C=O) groups is 1. The number of methoxy groups -OCH3 is 1. The van der Waals surface area contributed by atoms with Crippen molar-refractivity contribution in [3.63, 3.8) is 0 Å². The van der Waals surface area contributed by atoms with Gasteiger partial charge in [-0.05, 0) is 30.3 Å². The van der Waals surface area contributed by atoms with E-state index in [2.05, 4.69) is 10.3 Å². The van der Waals surface area contributed by atoms with E-state index in [0.29, 0.717) is 48.5 Å². The third-order valence-electron chi connectivity index (χ3n) is 4.37. The average Bonchev–Trinajstić information content (AvgIpc) is 2.68. The minimum Gasteiger partial charge on any atom is -0.495 e. The molecule has 1 fully saturated rings. The average molecular weight is 415 g/mol. The van der Waals surface area contributed by atoms with Gasteiger partial charge >= 0.3 is 12.2 Å². The number of hydrogen-bond acceptors (Lipinski definition) is 4. The molecule has 1 aliphatic heterocycles. The summed E-state index contributed by atoms with van der Waals surface area (Å²) in [5.41, 5.74) is -0.241. The van der Waals surface area contributed by atoms with Gasteiger partial charge in [-0.25, -0.2) is 9.78 Å². The molecule has 1 aliphatic rings. The topological polar surface area (TPSA) is 57.7 Å². The molecule has 1 N–H and O–H groups in total. The van der Waals surface area contributed by atoms with Crippen LogP contribution in [0.3, 0.4) is 0 Å². The Morgan fingerprint density at radius 3 is 2.43 bits per heavy atom. The van der Waals surface area contributed by atoms with Crippen molar-refractivity contribution in [1.82, 2.24) is 9.88 Å². The SMILES string of the molecule is COc1ccc(NC(=O)N2CCN(c3ccc(C(F)(F)F)cn3)CC2)cc1Cl. The normalized spacial score (nSPS) is 14.8. The van der Waals surface area contributed by atoms with Gasteiger partial charge in [-0.3, -0.25) is 0 Å². The number of rotatable bonds is 3. The number of hydrogen-bond donors (Lipinski definition) is 1. The summed E-state index contributed by atoms with van der Waals surface area (Å²) in [6.07, 6.45) is -3.59. The fourth-order valence-corrected chi connectivity index (χ4v) is 3.08. The number of carbonyl (C=O) groups excluding carboxylic acids is 1. The fourth-order valence-electron chi connectivity index (χ4n) is 2.83. The second-order valence-corrected chi connectivity index (χ2v) is 6.56. The van der Waals surface area contributed by atoms with Crippen LogP contribution in [0.25, 0.3) is 0 Å². The highest BCUT2D eigenvalue weighted by atomic mass is 35.5. The molecular weight excluding hydrogens is 397 g/mol. The molecule has 150 valence electrons. The molecule has 0 unspecified atom stereocenters. The van der Waals surface area contributed by atoms with Crippen molar-refractivity contribution in [3.8, 4) is 5.75 Å². The van der Waals surface area contributed by atoms with Crippen LogP contribution in [0, 0.1) is 0 Å². The lowest BCUT2D eigenvalue weighted by molar-refractivity contribution is -0.137. The Morgan fingerprint density at radius 2 is 1.89 bits per heavy atom. The first-order valence-electron chi connectivity index (χ1n) is 8.45. The highest BCUT2D eigenvalue weighted by Gasteiger charge is 2.31. The number of ether oxygens (including phenoxy) is 1. The number of piperazine rings is 1. The van der Waals surface area contributed by atoms with Crippen LogP contribution in [0.5, 0.6) is 5.75 Å². The highest BCUT2D eigenvalue weighted by molar-refractivity contribution is 6.32. The number of halogens is 4. The third-order valence-corrected chi connectivity index (χ3v) is 4.66. The smallest absolute Gasteiger partial charge is 0.417 e. The van der Waals surface area contributed by atoms with Crippen LogP contribution in [0.1, 0.15) is 5.56 Å². The molecular formula is C18H18ClF3N4O2. The van der Waals surface area contributed by atoms with Gasteiger partial charge in [-0.2, -0.15) is 13.2 Å². The molecule has 6 nitrogen and oxygen atoms in total. The molecule has 10 heteroatoms. The summed E-state index contributed by atoms with van der Waals surface area (Å²) in [7, 11) is 1.50. The van der Waals surface area contributed by atoms with E-state index < -0.39 is 11.7 Å².